The number of hydrogen-bond acceptors (Lipinski definition) is 10. The van der Waals surface area contributed by atoms with Crippen LogP contribution in [0.2, 0.25) is 0 Å². The number of amides is 1. The second-order valence-electron chi connectivity index (χ2n) is 9.15. The van der Waals surface area contributed by atoms with Crippen molar-refractivity contribution in [2.75, 3.05) is 32.9 Å². The molecule has 0 radical (unpaired) electrons. The zero-order chi connectivity index (χ0) is 23.9. The van der Waals surface area contributed by atoms with E-state index in [0.29, 0.717) is 0 Å². The molecule has 4 heterocycles. The van der Waals surface area contributed by atoms with E-state index in [9.17, 15) is 19.8 Å². The molecule has 0 spiro atoms. The highest BCUT2D eigenvalue weighted by Gasteiger charge is 2.60. The minimum Gasteiger partial charge on any atom is -0.477 e. The topological polar surface area (TPSA) is 137 Å². The second-order valence-corrected chi connectivity index (χ2v) is 11.5. The first kappa shape index (κ1) is 24.5. The van der Waals surface area contributed by atoms with Crippen molar-refractivity contribution in [3.63, 3.8) is 0 Å². The molecule has 6 atom stereocenters. The van der Waals surface area contributed by atoms with E-state index in [-0.39, 0.29) is 34.9 Å². The summed E-state index contributed by atoms with van der Waals surface area (Å²) in [4.78, 5) is 28.7. The predicted octanol–water partition coefficient (Wildman–Crippen LogP) is -0.0558. The van der Waals surface area contributed by atoms with Gasteiger partial charge in [-0.1, -0.05) is 18.7 Å². The number of aliphatic hydroxyl groups excluding tert-OH is 1. The third-order valence-corrected chi connectivity index (χ3v) is 9.09. The molecule has 0 aromatic carbocycles. The average molecular weight is 498 g/mol. The first-order valence-electron chi connectivity index (χ1n) is 11.1. The fourth-order valence-corrected chi connectivity index (χ4v) is 7.26. The van der Waals surface area contributed by atoms with Gasteiger partial charge in [-0.15, -0.1) is 16.9 Å². The summed E-state index contributed by atoms with van der Waals surface area (Å²) < 4.78 is 1.82. The molecule has 13 heteroatoms. The zero-order valence-electron chi connectivity index (χ0n) is 19.2. The molecule has 1 aromatic rings. The molecule has 0 unspecified atom stereocenters. The van der Waals surface area contributed by atoms with Crippen LogP contribution in [0.4, 0.5) is 0 Å². The summed E-state index contributed by atoms with van der Waals surface area (Å²) in [6, 6.07) is -0.00574. The van der Waals surface area contributed by atoms with Crippen LogP contribution in [-0.4, -0.2) is 108 Å². The number of likely N-dealkylation sites (N-methyl/N-ethyl adjacent to an activating group) is 1. The zero-order valence-corrected chi connectivity index (χ0v) is 20.8. The van der Waals surface area contributed by atoms with Crippen LogP contribution >= 0.6 is 23.5 Å². The molecule has 0 bridgehead atoms. The normalized spacial score (nSPS) is 30.2. The Balaban J connectivity index is 1.35. The van der Waals surface area contributed by atoms with Crippen molar-refractivity contribution in [1.82, 2.24) is 35.3 Å². The number of carbonyl (C=O) groups excluding carboxylic acids is 1. The highest BCUT2D eigenvalue weighted by molar-refractivity contribution is 8.03. The summed E-state index contributed by atoms with van der Waals surface area (Å²) in [5.74, 6) is -1.19. The van der Waals surface area contributed by atoms with Gasteiger partial charge in [-0.05, 0) is 37.9 Å². The first-order chi connectivity index (χ1) is 15.7. The Labute approximate surface area is 201 Å². The number of thioether (sulfide) groups is 2. The van der Waals surface area contributed by atoms with Crippen LogP contribution in [0.5, 0.6) is 0 Å². The lowest BCUT2D eigenvalue weighted by Crippen LogP contribution is -2.63. The van der Waals surface area contributed by atoms with Gasteiger partial charge in [-0.2, -0.15) is 0 Å². The SMILES string of the molecule is C[C@@H](O)[C@H]1C(=O)N2C(C(=O)O)=C(S[C@@H]3CN[C@H](CSc4nnnn4CCN(C)C)C3)[C@H](C)[C@H]12. The summed E-state index contributed by atoms with van der Waals surface area (Å²) in [5.41, 5.74) is 0.0947. The molecule has 3 aliphatic heterocycles. The van der Waals surface area contributed by atoms with Crippen LogP contribution in [-0.2, 0) is 16.1 Å². The molecule has 0 aliphatic carbocycles. The van der Waals surface area contributed by atoms with Crippen LogP contribution in [0.1, 0.15) is 20.3 Å². The van der Waals surface area contributed by atoms with Crippen LogP contribution in [0.15, 0.2) is 15.8 Å². The number of carboxylic acids is 1. The molecule has 3 N–H and O–H groups in total. The molecule has 4 rings (SSSR count). The summed E-state index contributed by atoms with van der Waals surface area (Å²) in [7, 11) is 4.02. The maximum atomic E-state index is 12.5. The Morgan fingerprint density at radius 3 is 2.82 bits per heavy atom. The Bertz CT molecular complexity index is 937. The van der Waals surface area contributed by atoms with E-state index in [1.807, 2.05) is 25.7 Å². The minimum atomic E-state index is -1.08. The van der Waals surface area contributed by atoms with Gasteiger partial charge >= 0.3 is 5.97 Å². The highest BCUT2D eigenvalue weighted by atomic mass is 32.2. The molecule has 2 saturated heterocycles. The Morgan fingerprint density at radius 2 is 2.15 bits per heavy atom. The summed E-state index contributed by atoms with van der Waals surface area (Å²) in [6.45, 7) is 5.91. The van der Waals surface area contributed by atoms with Crippen molar-refractivity contribution < 1.29 is 19.8 Å². The Hall–Kier alpha value is -1.67. The van der Waals surface area contributed by atoms with Gasteiger partial charge in [0.25, 0.3) is 0 Å². The van der Waals surface area contributed by atoms with Gasteiger partial charge in [-0.3, -0.25) is 4.79 Å². The van der Waals surface area contributed by atoms with Crippen molar-refractivity contribution in [3.05, 3.63) is 10.6 Å². The maximum absolute atomic E-state index is 12.5. The minimum absolute atomic E-state index is 0.0947. The number of fused-ring (bicyclic) bond motifs is 1. The number of aromatic nitrogens is 4. The number of aliphatic carboxylic acids is 1. The van der Waals surface area contributed by atoms with E-state index in [1.165, 1.54) is 4.90 Å². The predicted molar refractivity (Wildman–Crippen MR) is 125 cm³/mol. The number of nitrogens with one attached hydrogen (secondary N) is 1. The second kappa shape index (κ2) is 9.90. The third-order valence-electron chi connectivity index (χ3n) is 6.46. The van der Waals surface area contributed by atoms with Crippen LogP contribution in [0.25, 0.3) is 0 Å². The van der Waals surface area contributed by atoms with Gasteiger partial charge in [0.2, 0.25) is 11.1 Å². The van der Waals surface area contributed by atoms with Gasteiger partial charge < -0.3 is 25.3 Å². The standard InChI is InChI=1S/C20H31N7O4S2/c1-10-15-14(11(2)28)18(29)27(15)16(19(30)31)17(10)33-13-7-12(21-8-13)9-32-20-22-23-24-26(20)6-5-25(3)4/h10-15,21,28H,5-9H2,1-4H3,(H,30,31)/t10-,11-,12+,13+,14-,15-/m1/s1. The monoisotopic (exact) mass is 497 g/mol. The average Bonchev–Trinajstić information content (AvgIpc) is 3.43. The molecular formula is C20H31N7O4S2. The molecule has 182 valence electrons. The van der Waals surface area contributed by atoms with Gasteiger partial charge in [0.1, 0.15) is 5.70 Å². The number of carbonyl (C=O) groups is 2. The molecule has 1 aromatic heterocycles. The van der Waals surface area contributed by atoms with Crippen molar-refractivity contribution in [2.24, 2.45) is 11.8 Å². The van der Waals surface area contributed by atoms with E-state index in [1.54, 1.807) is 30.4 Å². The van der Waals surface area contributed by atoms with Crippen molar-refractivity contribution in [2.45, 2.75) is 55.4 Å². The lowest BCUT2D eigenvalue weighted by molar-refractivity contribution is -0.163. The van der Waals surface area contributed by atoms with Gasteiger partial charge in [0.15, 0.2) is 0 Å². The number of carboxylic acid groups (broad SMARTS) is 1. The molecule has 0 saturated carbocycles. The smallest absolute Gasteiger partial charge is 0.353 e. The Kier molecular flexibility index (Phi) is 7.34. The van der Waals surface area contributed by atoms with E-state index >= 15 is 0 Å². The van der Waals surface area contributed by atoms with E-state index < -0.39 is 18.0 Å². The lowest BCUT2D eigenvalue weighted by Gasteiger charge is -2.46. The van der Waals surface area contributed by atoms with Crippen molar-refractivity contribution in [1.29, 1.82) is 0 Å². The fraction of sp³-hybridized carbons (Fsp3) is 0.750. The van der Waals surface area contributed by atoms with Gasteiger partial charge in [0.05, 0.1) is 24.6 Å². The summed E-state index contributed by atoms with van der Waals surface area (Å²) >= 11 is 3.18. The number of aliphatic hydroxyl groups is 1. The molecule has 3 aliphatic rings. The number of β-lactam (4-membered cyclic amide) rings is 1. The number of hydrogen-bond donors (Lipinski definition) is 3. The van der Waals surface area contributed by atoms with E-state index in [2.05, 4.69) is 25.7 Å². The fourth-order valence-electron chi connectivity index (χ4n) is 4.77. The largest absolute Gasteiger partial charge is 0.477 e. The quantitative estimate of drug-likeness (QED) is 0.296. The third kappa shape index (κ3) is 4.78. The molecule has 2 fully saturated rings. The van der Waals surface area contributed by atoms with Gasteiger partial charge in [0, 0.05) is 41.0 Å². The van der Waals surface area contributed by atoms with E-state index in [4.69, 9.17) is 0 Å². The first-order valence-corrected chi connectivity index (χ1v) is 13.0. The van der Waals surface area contributed by atoms with Gasteiger partial charge in [-0.25, -0.2) is 9.48 Å². The molecule has 1 amide bonds. The molecule has 11 nitrogen and oxygen atoms in total. The summed E-state index contributed by atoms with van der Waals surface area (Å²) in [6.07, 6.45) is 0.0998. The Morgan fingerprint density at radius 1 is 1.39 bits per heavy atom. The van der Waals surface area contributed by atoms with Crippen LogP contribution in [0, 0.1) is 11.8 Å². The van der Waals surface area contributed by atoms with Crippen LogP contribution < -0.4 is 5.32 Å². The number of tetrazole rings is 1. The van der Waals surface area contributed by atoms with Crippen molar-refractivity contribution in [3.8, 4) is 0 Å². The highest BCUT2D eigenvalue weighted by Crippen LogP contribution is 2.51. The maximum Gasteiger partial charge on any atom is 0.353 e. The number of nitrogens with zero attached hydrogens (tertiary/aromatic N) is 6. The molecule has 33 heavy (non-hydrogen) atoms. The lowest BCUT2D eigenvalue weighted by atomic mass is 9.79. The molecular weight excluding hydrogens is 466 g/mol. The van der Waals surface area contributed by atoms with Crippen LogP contribution in [0.3, 0.4) is 0 Å². The summed E-state index contributed by atoms with van der Waals surface area (Å²) in [5, 5.41) is 36.3. The van der Waals surface area contributed by atoms with E-state index in [0.717, 1.165) is 41.9 Å². The van der Waals surface area contributed by atoms with Crippen molar-refractivity contribution >= 4 is 35.4 Å². The number of rotatable bonds is 10.